The lowest BCUT2D eigenvalue weighted by Crippen LogP contribution is -2.22. The molecule has 0 aliphatic rings. The highest BCUT2D eigenvalue weighted by Crippen LogP contribution is 2.45. The molecule has 0 spiro atoms. The van der Waals surface area contributed by atoms with Crippen LogP contribution in [0.5, 0.6) is 0 Å². The van der Waals surface area contributed by atoms with Crippen molar-refractivity contribution in [2.45, 2.75) is 52.4 Å². The van der Waals surface area contributed by atoms with Crippen molar-refractivity contribution in [3.05, 3.63) is 84.2 Å². The van der Waals surface area contributed by atoms with Gasteiger partial charge in [-0.15, -0.1) is 0 Å². The summed E-state index contributed by atoms with van der Waals surface area (Å²) in [5.41, 5.74) is 6.55. The summed E-state index contributed by atoms with van der Waals surface area (Å²) in [6.07, 6.45) is 4.00. The molecule has 0 saturated carbocycles. The summed E-state index contributed by atoms with van der Waals surface area (Å²) in [4.78, 5) is 4.78. The minimum Gasteiger partial charge on any atom is -0.456 e. The zero-order valence-corrected chi connectivity index (χ0v) is 19.7. The predicted octanol–water partition coefficient (Wildman–Crippen LogP) is 8.03. The molecule has 0 aliphatic carbocycles. The topological polar surface area (TPSA) is 31.0 Å². The second-order valence-corrected chi connectivity index (χ2v) is 10.6. The number of para-hydroxylation sites is 1. The van der Waals surface area contributed by atoms with Gasteiger partial charge in [-0.1, -0.05) is 90.1 Å². The van der Waals surface area contributed by atoms with Gasteiger partial charge in [0.25, 0.3) is 0 Å². The summed E-state index contributed by atoms with van der Waals surface area (Å²) in [6, 6.07) is 21.0. The van der Waals surface area contributed by atoms with Gasteiger partial charge in [0.05, 0.1) is 5.69 Å². The van der Waals surface area contributed by atoms with Crippen LogP contribution >= 0.6 is 0 Å². The Hall–Kier alpha value is -3.33. The van der Waals surface area contributed by atoms with Crippen LogP contribution < -0.4 is 0 Å². The van der Waals surface area contributed by atoms with E-state index < -0.39 is 0 Å². The van der Waals surface area contributed by atoms with Crippen molar-refractivity contribution in [2.75, 3.05) is 0 Å². The van der Waals surface area contributed by atoms with Gasteiger partial charge in [-0.3, -0.25) is 4.57 Å². The standard InChI is InChI=1S/C29H30N2O/c1-28(2,3)21-18-23-24(20-14-10-11-15-22(20)32-23)25(29(4,5)6)26(21)31-17-16-30-27(31)19-12-8-7-9-13-19/h7-18H,1-6H3. The first-order chi connectivity index (χ1) is 15.2. The van der Waals surface area contributed by atoms with Crippen molar-refractivity contribution in [1.82, 2.24) is 9.55 Å². The Bertz CT molecular complexity index is 1420. The van der Waals surface area contributed by atoms with Crippen molar-refractivity contribution >= 4 is 21.9 Å². The van der Waals surface area contributed by atoms with E-state index in [0.717, 1.165) is 27.9 Å². The normalized spacial score (nSPS) is 12.7. The first-order valence-electron chi connectivity index (χ1n) is 11.2. The number of rotatable bonds is 2. The lowest BCUT2D eigenvalue weighted by Gasteiger charge is -2.31. The molecular formula is C29H30N2O. The Morgan fingerprint density at radius 1 is 0.781 bits per heavy atom. The molecule has 3 nitrogen and oxygen atoms in total. The van der Waals surface area contributed by atoms with Gasteiger partial charge in [0.1, 0.15) is 17.0 Å². The van der Waals surface area contributed by atoms with Gasteiger partial charge in [-0.2, -0.15) is 0 Å². The number of imidazole rings is 1. The Balaban J connectivity index is 1.99. The average Bonchev–Trinajstić information content (AvgIpc) is 3.36. The number of aromatic nitrogens is 2. The third-order valence-corrected chi connectivity index (χ3v) is 6.11. The van der Waals surface area contributed by atoms with Gasteiger partial charge in [0.15, 0.2) is 0 Å². The molecule has 2 heterocycles. The maximum atomic E-state index is 6.39. The van der Waals surface area contributed by atoms with E-state index in [-0.39, 0.29) is 10.8 Å². The minimum absolute atomic E-state index is 0.0826. The first kappa shape index (κ1) is 20.6. The highest BCUT2D eigenvalue weighted by molar-refractivity contribution is 6.09. The van der Waals surface area contributed by atoms with Crippen molar-refractivity contribution < 1.29 is 4.42 Å². The quantitative estimate of drug-likeness (QED) is 0.288. The van der Waals surface area contributed by atoms with E-state index in [9.17, 15) is 0 Å². The Morgan fingerprint density at radius 2 is 1.47 bits per heavy atom. The molecule has 3 aromatic carbocycles. The summed E-state index contributed by atoms with van der Waals surface area (Å²) in [7, 11) is 0. The molecule has 0 radical (unpaired) electrons. The van der Waals surface area contributed by atoms with Crippen LogP contribution in [0.15, 0.2) is 77.5 Å². The van der Waals surface area contributed by atoms with Gasteiger partial charge < -0.3 is 4.42 Å². The first-order valence-corrected chi connectivity index (χ1v) is 11.2. The molecule has 0 N–H and O–H groups in total. The van der Waals surface area contributed by atoms with Gasteiger partial charge in [-0.25, -0.2) is 4.98 Å². The van der Waals surface area contributed by atoms with Crippen LogP contribution in [-0.2, 0) is 10.8 Å². The molecule has 0 unspecified atom stereocenters. The molecule has 0 fully saturated rings. The van der Waals surface area contributed by atoms with Crippen LogP contribution in [0.1, 0.15) is 52.7 Å². The molecular weight excluding hydrogens is 392 g/mol. The van der Waals surface area contributed by atoms with Crippen molar-refractivity contribution in [2.24, 2.45) is 0 Å². The molecule has 0 atom stereocenters. The van der Waals surface area contributed by atoms with Crippen LogP contribution in [0.4, 0.5) is 0 Å². The van der Waals surface area contributed by atoms with Gasteiger partial charge in [-0.05, 0) is 34.1 Å². The monoisotopic (exact) mass is 422 g/mol. The molecule has 0 aliphatic heterocycles. The number of fused-ring (bicyclic) bond motifs is 3. The summed E-state index contributed by atoms with van der Waals surface area (Å²) in [5.74, 6) is 0.953. The molecule has 2 aromatic heterocycles. The maximum absolute atomic E-state index is 6.39. The largest absolute Gasteiger partial charge is 0.456 e. The second-order valence-electron chi connectivity index (χ2n) is 10.6. The average molecular weight is 423 g/mol. The lowest BCUT2D eigenvalue weighted by atomic mass is 9.76. The van der Waals surface area contributed by atoms with Crippen LogP contribution in [-0.4, -0.2) is 9.55 Å². The SMILES string of the molecule is CC(C)(C)c1cc2oc3ccccc3c2c(C(C)(C)C)c1-n1ccnc1-c1ccccc1. The molecule has 3 heteroatoms. The van der Waals surface area contributed by atoms with Crippen LogP contribution in [0.25, 0.3) is 39.0 Å². The Labute approximate surface area is 189 Å². The summed E-state index contributed by atoms with van der Waals surface area (Å²) in [5, 5.41) is 2.36. The third kappa shape index (κ3) is 3.24. The molecule has 0 bridgehead atoms. The van der Waals surface area contributed by atoms with Crippen LogP contribution in [0, 0.1) is 0 Å². The Morgan fingerprint density at radius 3 is 2.16 bits per heavy atom. The highest BCUT2D eigenvalue weighted by Gasteiger charge is 2.32. The molecule has 162 valence electrons. The molecule has 32 heavy (non-hydrogen) atoms. The van der Waals surface area contributed by atoms with Gasteiger partial charge >= 0.3 is 0 Å². The van der Waals surface area contributed by atoms with E-state index in [2.05, 4.69) is 101 Å². The van der Waals surface area contributed by atoms with Gasteiger partial charge in [0, 0.05) is 28.7 Å². The number of hydrogen-bond donors (Lipinski definition) is 0. The zero-order chi connectivity index (χ0) is 22.7. The second kappa shape index (κ2) is 7.09. The predicted molar refractivity (Wildman–Crippen MR) is 134 cm³/mol. The zero-order valence-electron chi connectivity index (χ0n) is 19.7. The molecule has 5 aromatic rings. The van der Waals surface area contributed by atoms with E-state index >= 15 is 0 Å². The Kier molecular flexibility index (Phi) is 4.56. The van der Waals surface area contributed by atoms with E-state index in [4.69, 9.17) is 9.40 Å². The fraction of sp³-hybridized carbons (Fsp3) is 0.276. The van der Waals surface area contributed by atoms with Crippen molar-refractivity contribution in [3.63, 3.8) is 0 Å². The fourth-order valence-corrected chi connectivity index (χ4v) is 4.71. The van der Waals surface area contributed by atoms with Crippen molar-refractivity contribution in [3.8, 4) is 17.1 Å². The molecule has 0 amide bonds. The van der Waals surface area contributed by atoms with E-state index in [0.29, 0.717) is 0 Å². The summed E-state index contributed by atoms with van der Waals surface area (Å²) in [6.45, 7) is 13.7. The number of hydrogen-bond acceptors (Lipinski definition) is 2. The van der Waals surface area contributed by atoms with E-state index in [1.165, 1.54) is 22.2 Å². The van der Waals surface area contributed by atoms with Crippen molar-refractivity contribution in [1.29, 1.82) is 0 Å². The van der Waals surface area contributed by atoms with Crippen LogP contribution in [0.3, 0.4) is 0 Å². The number of nitrogens with zero attached hydrogens (tertiary/aromatic N) is 2. The lowest BCUT2D eigenvalue weighted by molar-refractivity contribution is 0.563. The summed E-state index contributed by atoms with van der Waals surface area (Å²) < 4.78 is 8.66. The number of benzene rings is 3. The molecule has 0 saturated heterocycles. The third-order valence-electron chi connectivity index (χ3n) is 6.11. The maximum Gasteiger partial charge on any atom is 0.144 e. The summed E-state index contributed by atoms with van der Waals surface area (Å²) >= 11 is 0. The fourth-order valence-electron chi connectivity index (χ4n) is 4.71. The smallest absolute Gasteiger partial charge is 0.144 e. The van der Waals surface area contributed by atoms with E-state index in [1.807, 2.05) is 18.3 Å². The highest BCUT2D eigenvalue weighted by atomic mass is 16.3. The number of furan rings is 1. The van der Waals surface area contributed by atoms with Crippen LogP contribution in [0.2, 0.25) is 0 Å². The van der Waals surface area contributed by atoms with E-state index in [1.54, 1.807) is 0 Å². The van der Waals surface area contributed by atoms with Gasteiger partial charge in [0.2, 0.25) is 0 Å². The molecule has 5 rings (SSSR count). The minimum atomic E-state index is -0.111.